The van der Waals surface area contributed by atoms with Crippen LogP contribution >= 0.6 is 11.6 Å². The number of hydrogen-bond donors (Lipinski definition) is 2. The van der Waals surface area contributed by atoms with Crippen LogP contribution in [0.4, 0.5) is 10.5 Å². The van der Waals surface area contributed by atoms with Crippen LogP contribution in [0.2, 0.25) is 5.15 Å². The highest BCUT2D eigenvalue weighted by molar-refractivity contribution is 6.32. The van der Waals surface area contributed by atoms with E-state index in [0.717, 1.165) is 26.9 Å². The number of carbonyl (C=O) groups is 3. The first kappa shape index (κ1) is 27.1. The molecule has 40 heavy (non-hydrogen) atoms. The van der Waals surface area contributed by atoms with E-state index in [1.807, 2.05) is 71.3 Å². The van der Waals surface area contributed by atoms with E-state index in [2.05, 4.69) is 5.32 Å². The monoisotopic (exact) mass is 560 g/mol. The number of aromatic nitrogens is 1. The van der Waals surface area contributed by atoms with E-state index in [4.69, 9.17) is 16.3 Å². The van der Waals surface area contributed by atoms with Crippen LogP contribution in [-0.2, 0) is 22.7 Å². The summed E-state index contributed by atoms with van der Waals surface area (Å²) in [7, 11) is 1.30. The second kappa shape index (κ2) is 11.3. The van der Waals surface area contributed by atoms with Gasteiger partial charge in [-0.05, 0) is 30.7 Å². The molecule has 9 nitrogen and oxygen atoms in total. The smallest absolute Gasteiger partial charge is 0.407 e. The molecule has 1 aliphatic rings. The number of likely N-dealkylation sites (N-methyl/N-ethyl adjacent to an activating group) is 1. The highest BCUT2D eigenvalue weighted by Gasteiger charge is 2.35. The van der Waals surface area contributed by atoms with Crippen LogP contribution in [0, 0.1) is 0 Å². The average molecular weight is 561 g/mol. The van der Waals surface area contributed by atoms with Crippen molar-refractivity contribution in [3.05, 3.63) is 95.1 Å². The molecule has 0 aliphatic carbocycles. The number of carboxylic acid groups (broad SMARTS) is 1. The quantitative estimate of drug-likeness (QED) is 0.339. The molecule has 0 radical (unpaired) electrons. The molecule has 5 rings (SSSR count). The van der Waals surface area contributed by atoms with Gasteiger partial charge in [0.25, 0.3) is 5.91 Å². The molecule has 206 valence electrons. The third kappa shape index (κ3) is 5.20. The predicted octanol–water partition coefficient (Wildman–Crippen LogP) is 4.75. The summed E-state index contributed by atoms with van der Waals surface area (Å²) in [6.45, 7) is 2.04. The van der Waals surface area contributed by atoms with Gasteiger partial charge in [-0.25, -0.2) is 4.79 Å². The number of rotatable bonds is 7. The number of amides is 3. The molecule has 3 amide bonds. The number of benzene rings is 3. The van der Waals surface area contributed by atoms with Crippen molar-refractivity contribution >= 4 is 46.1 Å². The topological polar surface area (TPSA) is 104 Å². The van der Waals surface area contributed by atoms with Crippen LogP contribution in [0.3, 0.4) is 0 Å². The van der Waals surface area contributed by atoms with Crippen LogP contribution in [0.15, 0.2) is 78.9 Å². The number of halogens is 1. The van der Waals surface area contributed by atoms with Crippen molar-refractivity contribution in [2.24, 2.45) is 0 Å². The number of anilines is 1. The SMILES string of the molecule is C[C@@H](C(=O)N[C@H]1COc2ccccc2N(Cc2c(Cl)n(Cc3ccccc3)c3ccccc23)C1=O)N(C)C(=O)O. The molecular weight excluding hydrogens is 532 g/mol. The highest BCUT2D eigenvalue weighted by atomic mass is 35.5. The molecule has 2 heterocycles. The molecule has 1 aromatic heterocycles. The molecule has 0 saturated carbocycles. The van der Waals surface area contributed by atoms with E-state index in [-0.39, 0.29) is 19.1 Å². The standard InChI is InChI=1S/C30H29ClN4O5/c1-19(33(2)30(38)39)28(36)32-23-18-40-26-15-9-8-14-25(26)35(29(23)37)17-22-21-12-6-7-13-24(21)34(27(22)31)16-20-10-4-3-5-11-20/h3-15,19,23H,16-18H2,1-2H3,(H,32,36)(H,38,39)/t19-,23-/m0/s1. The lowest BCUT2D eigenvalue weighted by Gasteiger charge is -2.27. The predicted molar refractivity (Wildman–Crippen MR) is 153 cm³/mol. The van der Waals surface area contributed by atoms with Crippen molar-refractivity contribution in [1.82, 2.24) is 14.8 Å². The first-order valence-electron chi connectivity index (χ1n) is 12.8. The summed E-state index contributed by atoms with van der Waals surface area (Å²) < 4.78 is 7.97. The van der Waals surface area contributed by atoms with Gasteiger partial charge in [-0.3, -0.25) is 14.5 Å². The van der Waals surface area contributed by atoms with E-state index < -0.39 is 24.1 Å². The van der Waals surface area contributed by atoms with E-state index >= 15 is 0 Å². The molecule has 0 spiro atoms. The van der Waals surface area contributed by atoms with E-state index in [9.17, 15) is 19.5 Å². The lowest BCUT2D eigenvalue weighted by molar-refractivity contribution is -0.130. The van der Waals surface area contributed by atoms with Gasteiger partial charge in [0.15, 0.2) is 0 Å². The third-order valence-corrected chi connectivity index (χ3v) is 7.64. The fourth-order valence-electron chi connectivity index (χ4n) is 4.83. The Bertz CT molecular complexity index is 1570. The minimum absolute atomic E-state index is 0.106. The molecule has 2 N–H and O–H groups in total. The Kier molecular flexibility index (Phi) is 7.66. The number of nitrogens with zero attached hydrogens (tertiary/aromatic N) is 3. The van der Waals surface area contributed by atoms with E-state index in [1.54, 1.807) is 17.0 Å². The highest BCUT2D eigenvalue weighted by Crippen LogP contribution is 2.37. The minimum Gasteiger partial charge on any atom is -0.489 e. The maximum absolute atomic E-state index is 14.0. The summed E-state index contributed by atoms with van der Waals surface area (Å²) >= 11 is 7.03. The molecular formula is C30H29ClN4O5. The molecule has 3 aromatic carbocycles. The Morgan fingerprint density at radius 1 is 1.05 bits per heavy atom. The molecule has 1 aliphatic heterocycles. The Labute approximate surface area is 236 Å². The van der Waals surface area contributed by atoms with Crippen LogP contribution in [0.25, 0.3) is 10.9 Å². The van der Waals surface area contributed by atoms with Crippen LogP contribution < -0.4 is 15.0 Å². The van der Waals surface area contributed by atoms with Crippen LogP contribution in [0.1, 0.15) is 18.1 Å². The lowest BCUT2D eigenvalue weighted by atomic mass is 10.1. The summed E-state index contributed by atoms with van der Waals surface area (Å²) in [6, 6.07) is 23.0. The van der Waals surface area contributed by atoms with E-state index in [1.165, 1.54) is 14.0 Å². The maximum atomic E-state index is 14.0. The summed E-state index contributed by atoms with van der Waals surface area (Å²) in [4.78, 5) is 40.7. The van der Waals surface area contributed by atoms with Gasteiger partial charge in [-0.1, -0.05) is 72.3 Å². The number of carbonyl (C=O) groups excluding carboxylic acids is 2. The second-order valence-corrected chi connectivity index (χ2v) is 10.1. The van der Waals surface area contributed by atoms with Gasteiger partial charge >= 0.3 is 6.09 Å². The summed E-state index contributed by atoms with van der Waals surface area (Å²) in [5.74, 6) is -0.498. The molecule has 0 bridgehead atoms. The zero-order chi connectivity index (χ0) is 28.4. The van der Waals surface area contributed by atoms with Crippen molar-refractivity contribution in [3.8, 4) is 5.75 Å². The minimum atomic E-state index is -1.25. The summed E-state index contributed by atoms with van der Waals surface area (Å²) in [5, 5.41) is 13.4. The number of fused-ring (bicyclic) bond motifs is 2. The molecule has 2 atom stereocenters. The third-order valence-electron chi connectivity index (χ3n) is 7.21. The number of nitrogens with one attached hydrogen (secondary N) is 1. The van der Waals surface area contributed by atoms with Crippen molar-refractivity contribution in [2.75, 3.05) is 18.6 Å². The van der Waals surface area contributed by atoms with Crippen molar-refractivity contribution in [1.29, 1.82) is 0 Å². The molecule has 4 aromatic rings. The van der Waals surface area contributed by atoms with Gasteiger partial charge in [0.05, 0.1) is 12.2 Å². The first-order chi connectivity index (χ1) is 19.3. The van der Waals surface area contributed by atoms with Gasteiger partial charge in [-0.15, -0.1) is 0 Å². The van der Waals surface area contributed by atoms with Gasteiger partial charge in [0.1, 0.15) is 29.6 Å². The van der Waals surface area contributed by atoms with Gasteiger partial charge in [0.2, 0.25) is 5.91 Å². The fourth-order valence-corrected chi connectivity index (χ4v) is 5.14. The Hall–Kier alpha value is -4.50. The van der Waals surface area contributed by atoms with Crippen molar-refractivity contribution in [2.45, 2.75) is 32.1 Å². The van der Waals surface area contributed by atoms with Gasteiger partial charge in [0, 0.05) is 30.1 Å². The summed E-state index contributed by atoms with van der Waals surface area (Å²) in [6.07, 6.45) is -1.25. The van der Waals surface area contributed by atoms with E-state index in [0.29, 0.717) is 23.1 Å². The molecule has 0 saturated heterocycles. The normalized spacial score (nSPS) is 15.6. The zero-order valence-electron chi connectivity index (χ0n) is 22.1. The Balaban J connectivity index is 1.51. The molecule has 10 heteroatoms. The van der Waals surface area contributed by atoms with Crippen molar-refractivity contribution in [3.63, 3.8) is 0 Å². The lowest BCUT2D eigenvalue weighted by Crippen LogP contribution is -2.55. The first-order valence-corrected chi connectivity index (χ1v) is 13.2. The summed E-state index contributed by atoms with van der Waals surface area (Å²) in [5.41, 5.74) is 3.34. The number of para-hydroxylation sites is 3. The van der Waals surface area contributed by atoms with Crippen molar-refractivity contribution < 1.29 is 24.2 Å². The fraction of sp³-hybridized carbons (Fsp3) is 0.233. The largest absolute Gasteiger partial charge is 0.489 e. The Morgan fingerprint density at radius 2 is 1.73 bits per heavy atom. The van der Waals surface area contributed by atoms with Gasteiger partial charge < -0.3 is 24.6 Å². The molecule has 0 fully saturated rings. The second-order valence-electron chi connectivity index (χ2n) is 9.69. The van der Waals surface area contributed by atoms with Crippen LogP contribution in [-0.4, -0.2) is 58.2 Å². The number of hydrogen-bond acceptors (Lipinski definition) is 4. The molecule has 0 unspecified atom stereocenters. The van der Waals surface area contributed by atoms with Crippen LogP contribution in [0.5, 0.6) is 5.75 Å². The van der Waals surface area contributed by atoms with Gasteiger partial charge in [-0.2, -0.15) is 0 Å². The Morgan fingerprint density at radius 3 is 2.48 bits per heavy atom. The number of ether oxygens (including phenoxy) is 1. The average Bonchev–Trinajstić information content (AvgIpc) is 3.15. The maximum Gasteiger partial charge on any atom is 0.407 e. The zero-order valence-corrected chi connectivity index (χ0v) is 22.8.